The molecule has 0 bridgehead atoms. The topological polar surface area (TPSA) is 71.7 Å². The van der Waals surface area contributed by atoms with Crippen molar-refractivity contribution in [3.05, 3.63) is 47.3 Å². The number of aromatic nitrogens is 1. The smallest absolute Gasteiger partial charge is 0.191 e. The van der Waals surface area contributed by atoms with Gasteiger partial charge in [0.15, 0.2) is 11.7 Å². The molecule has 2 rings (SSSR count). The molecule has 6 heteroatoms. The summed E-state index contributed by atoms with van der Waals surface area (Å²) in [7, 11) is 0. The van der Waals surface area contributed by atoms with Crippen molar-refractivity contribution in [1.82, 2.24) is 15.8 Å². The van der Waals surface area contributed by atoms with Crippen molar-refractivity contribution < 1.29 is 9.26 Å². The molecule has 0 saturated heterocycles. The van der Waals surface area contributed by atoms with Crippen LogP contribution in [0, 0.1) is 5.92 Å². The first-order valence-electron chi connectivity index (χ1n) is 9.67. The number of hydrogen-bond acceptors (Lipinski definition) is 4. The lowest BCUT2D eigenvalue weighted by Gasteiger charge is -2.11. The average molecular weight is 373 g/mol. The summed E-state index contributed by atoms with van der Waals surface area (Å²) in [4.78, 5) is 4.64. The van der Waals surface area contributed by atoms with Gasteiger partial charge in [-0.25, -0.2) is 4.99 Å². The third-order valence-electron chi connectivity index (χ3n) is 3.87. The Labute approximate surface area is 162 Å². The molecule has 0 radical (unpaired) electrons. The molecule has 0 aliphatic rings. The second-order valence-corrected chi connectivity index (χ2v) is 7.27. The number of benzene rings is 1. The van der Waals surface area contributed by atoms with Crippen molar-refractivity contribution in [2.45, 2.75) is 53.6 Å². The van der Waals surface area contributed by atoms with Crippen LogP contribution in [-0.4, -0.2) is 24.3 Å². The normalized spacial score (nSPS) is 11.9. The van der Waals surface area contributed by atoms with Gasteiger partial charge in [0.25, 0.3) is 0 Å². The Kier molecular flexibility index (Phi) is 8.17. The standard InChI is InChI=1S/C21H32N4O2/c1-6-22-21(24-13-19-11-20(16(4)5)25-27-19)23-12-17-7-9-18(10-8-17)26-14-15(2)3/h7-11,15-16H,6,12-14H2,1-5H3,(H2,22,23,24). The molecule has 0 fully saturated rings. The number of guanidine groups is 1. The Hall–Kier alpha value is -2.50. The van der Waals surface area contributed by atoms with E-state index in [1.54, 1.807) is 0 Å². The lowest BCUT2D eigenvalue weighted by atomic mass is 10.1. The molecule has 2 N–H and O–H groups in total. The summed E-state index contributed by atoms with van der Waals surface area (Å²) in [5.41, 5.74) is 2.10. The molecule has 0 saturated carbocycles. The van der Waals surface area contributed by atoms with Crippen LogP contribution < -0.4 is 15.4 Å². The molecule has 0 unspecified atom stereocenters. The van der Waals surface area contributed by atoms with E-state index in [0.717, 1.165) is 41.9 Å². The fourth-order valence-corrected chi connectivity index (χ4v) is 2.32. The first-order chi connectivity index (χ1) is 13.0. The third kappa shape index (κ3) is 7.33. The summed E-state index contributed by atoms with van der Waals surface area (Å²) in [6.07, 6.45) is 0. The van der Waals surface area contributed by atoms with Crippen LogP contribution in [0.1, 0.15) is 57.6 Å². The minimum Gasteiger partial charge on any atom is -0.493 e. The second kappa shape index (κ2) is 10.6. The summed E-state index contributed by atoms with van der Waals surface area (Å²) >= 11 is 0. The summed E-state index contributed by atoms with van der Waals surface area (Å²) in [6, 6.07) is 10.1. The zero-order valence-corrected chi connectivity index (χ0v) is 17.1. The van der Waals surface area contributed by atoms with Crippen LogP contribution in [0.4, 0.5) is 0 Å². The highest BCUT2D eigenvalue weighted by Crippen LogP contribution is 2.15. The number of nitrogens with zero attached hydrogens (tertiary/aromatic N) is 2. The lowest BCUT2D eigenvalue weighted by Crippen LogP contribution is -2.36. The maximum Gasteiger partial charge on any atom is 0.191 e. The van der Waals surface area contributed by atoms with Crippen LogP contribution in [0.5, 0.6) is 5.75 Å². The number of hydrogen-bond donors (Lipinski definition) is 2. The first kappa shape index (κ1) is 20.8. The summed E-state index contributed by atoms with van der Waals surface area (Å²) in [5.74, 6) is 3.32. The first-order valence-corrected chi connectivity index (χ1v) is 9.67. The molecule has 0 aliphatic carbocycles. The highest BCUT2D eigenvalue weighted by molar-refractivity contribution is 5.79. The van der Waals surface area contributed by atoms with Gasteiger partial charge in [0, 0.05) is 12.6 Å². The lowest BCUT2D eigenvalue weighted by molar-refractivity contribution is 0.271. The predicted molar refractivity (Wildman–Crippen MR) is 109 cm³/mol. The van der Waals surface area contributed by atoms with Crippen molar-refractivity contribution in [2.24, 2.45) is 10.9 Å². The monoisotopic (exact) mass is 372 g/mol. The van der Waals surface area contributed by atoms with Crippen molar-refractivity contribution in [3.63, 3.8) is 0 Å². The average Bonchev–Trinajstić information content (AvgIpc) is 3.12. The fourth-order valence-electron chi connectivity index (χ4n) is 2.32. The number of ether oxygens (including phenoxy) is 1. The van der Waals surface area contributed by atoms with Gasteiger partial charge in [-0.3, -0.25) is 0 Å². The highest BCUT2D eigenvalue weighted by atomic mass is 16.5. The molecule has 6 nitrogen and oxygen atoms in total. The maximum atomic E-state index is 5.72. The van der Waals surface area contributed by atoms with Crippen molar-refractivity contribution >= 4 is 5.96 Å². The number of nitrogens with one attached hydrogen (secondary N) is 2. The molecule has 1 aromatic heterocycles. The van der Waals surface area contributed by atoms with E-state index in [1.807, 2.05) is 37.3 Å². The zero-order chi connectivity index (χ0) is 19.6. The molecular formula is C21H32N4O2. The Morgan fingerprint density at radius 3 is 2.48 bits per heavy atom. The highest BCUT2D eigenvalue weighted by Gasteiger charge is 2.08. The predicted octanol–water partition coefficient (Wildman–Crippen LogP) is 4.09. The molecule has 0 spiro atoms. The second-order valence-electron chi connectivity index (χ2n) is 7.27. The largest absolute Gasteiger partial charge is 0.493 e. The Morgan fingerprint density at radius 1 is 1.15 bits per heavy atom. The molecule has 1 heterocycles. The van der Waals surface area contributed by atoms with E-state index < -0.39 is 0 Å². The van der Waals surface area contributed by atoms with Crippen LogP contribution >= 0.6 is 0 Å². The van der Waals surface area contributed by atoms with E-state index in [-0.39, 0.29) is 0 Å². The summed E-state index contributed by atoms with van der Waals surface area (Å²) in [5, 5.41) is 10.6. The summed E-state index contributed by atoms with van der Waals surface area (Å²) < 4.78 is 11.1. The molecule has 148 valence electrons. The Bertz CT molecular complexity index is 705. The van der Waals surface area contributed by atoms with Crippen LogP contribution in [0.3, 0.4) is 0 Å². The minimum atomic E-state index is 0.358. The van der Waals surface area contributed by atoms with Gasteiger partial charge in [-0.15, -0.1) is 0 Å². The minimum absolute atomic E-state index is 0.358. The van der Waals surface area contributed by atoms with Gasteiger partial charge in [0.2, 0.25) is 0 Å². The van der Waals surface area contributed by atoms with Gasteiger partial charge in [0.1, 0.15) is 5.75 Å². The van der Waals surface area contributed by atoms with Gasteiger partial charge in [-0.05, 0) is 36.5 Å². The van der Waals surface area contributed by atoms with Gasteiger partial charge in [0.05, 0.1) is 25.4 Å². The number of aliphatic imine (C=N–C) groups is 1. The van der Waals surface area contributed by atoms with Crippen LogP contribution in [0.25, 0.3) is 0 Å². The van der Waals surface area contributed by atoms with Crippen molar-refractivity contribution in [1.29, 1.82) is 0 Å². The molecule has 1 aromatic carbocycles. The van der Waals surface area contributed by atoms with Crippen LogP contribution in [0.2, 0.25) is 0 Å². The summed E-state index contributed by atoms with van der Waals surface area (Å²) in [6.45, 7) is 13.2. The molecule has 0 amide bonds. The van der Waals surface area contributed by atoms with E-state index in [2.05, 4.69) is 48.5 Å². The zero-order valence-electron chi connectivity index (χ0n) is 17.1. The van der Waals surface area contributed by atoms with Crippen molar-refractivity contribution in [3.8, 4) is 5.75 Å². The molecule has 0 aliphatic heterocycles. The molecular weight excluding hydrogens is 340 g/mol. The van der Waals surface area contributed by atoms with Gasteiger partial charge in [-0.2, -0.15) is 0 Å². The fraction of sp³-hybridized carbons (Fsp3) is 0.524. The van der Waals surface area contributed by atoms with E-state index in [1.165, 1.54) is 0 Å². The van der Waals surface area contributed by atoms with Crippen LogP contribution in [0.15, 0.2) is 39.8 Å². The van der Waals surface area contributed by atoms with Gasteiger partial charge >= 0.3 is 0 Å². The third-order valence-corrected chi connectivity index (χ3v) is 3.87. The Balaban J connectivity index is 1.90. The maximum absolute atomic E-state index is 5.72. The van der Waals surface area contributed by atoms with Crippen LogP contribution in [-0.2, 0) is 13.1 Å². The SMILES string of the molecule is CCNC(=NCc1ccc(OCC(C)C)cc1)NCc1cc(C(C)C)no1. The molecule has 27 heavy (non-hydrogen) atoms. The Morgan fingerprint density at radius 2 is 1.89 bits per heavy atom. The van der Waals surface area contributed by atoms with Crippen molar-refractivity contribution in [2.75, 3.05) is 13.2 Å². The van der Waals surface area contributed by atoms with E-state index in [0.29, 0.717) is 24.9 Å². The quantitative estimate of drug-likeness (QED) is 0.512. The van der Waals surface area contributed by atoms with E-state index >= 15 is 0 Å². The van der Waals surface area contributed by atoms with Gasteiger partial charge < -0.3 is 19.9 Å². The number of rotatable bonds is 9. The molecule has 0 atom stereocenters. The van der Waals surface area contributed by atoms with Gasteiger partial charge in [-0.1, -0.05) is 45.0 Å². The molecule has 2 aromatic rings. The van der Waals surface area contributed by atoms with E-state index in [9.17, 15) is 0 Å². The van der Waals surface area contributed by atoms with E-state index in [4.69, 9.17) is 9.26 Å².